The summed E-state index contributed by atoms with van der Waals surface area (Å²) >= 11 is 0. The van der Waals surface area contributed by atoms with Gasteiger partial charge in [0, 0.05) is 12.5 Å². The molecule has 0 saturated carbocycles. The van der Waals surface area contributed by atoms with E-state index in [9.17, 15) is 9.90 Å². The molecule has 2 aromatic carbocycles. The van der Waals surface area contributed by atoms with Gasteiger partial charge in [-0.15, -0.1) is 0 Å². The number of aliphatic hydroxyl groups is 1. The van der Waals surface area contributed by atoms with Crippen LogP contribution in [0.25, 0.3) is 12.2 Å². The van der Waals surface area contributed by atoms with Gasteiger partial charge in [-0.1, -0.05) is 78.9 Å². The van der Waals surface area contributed by atoms with Gasteiger partial charge in [-0.2, -0.15) is 0 Å². The van der Waals surface area contributed by atoms with E-state index >= 15 is 0 Å². The highest BCUT2D eigenvalue weighted by atomic mass is 16.5. The number of hydrogen-bond donors (Lipinski definition) is 1. The molecule has 0 aromatic heterocycles. The largest absolute Gasteiger partial charge is 0.490 e. The molecule has 132 valence electrons. The Hall–Kier alpha value is -2.91. The minimum Gasteiger partial charge on any atom is -0.490 e. The van der Waals surface area contributed by atoms with Crippen molar-refractivity contribution in [2.24, 2.45) is 0 Å². The maximum absolute atomic E-state index is 12.0. The summed E-state index contributed by atoms with van der Waals surface area (Å²) in [5.41, 5.74) is 2.08. The number of benzene rings is 2. The van der Waals surface area contributed by atoms with Crippen molar-refractivity contribution in [3.63, 3.8) is 0 Å². The van der Waals surface area contributed by atoms with Crippen molar-refractivity contribution in [3.8, 4) is 0 Å². The molecule has 0 unspecified atom stereocenters. The summed E-state index contributed by atoms with van der Waals surface area (Å²) in [7, 11) is 0. The third-order valence-corrected chi connectivity index (χ3v) is 4.05. The maximum Gasteiger partial charge on any atom is 0.163 e. The average molecular weight is 346 g/mol. The highest BCUT2D eigenvalue weighted by Crippen LogP contribution is 2.21. The van der Waals surface area contributed by atoms with Gasteiger partial charge in [-0.05, 0) is 17.2 Å². The van der Waals surface area contributed by atoms with Crippen molar-refractivity contribution in [1.82, 2.24) is 0 Å². The Morgan fingerprint density at radius 3 is 2.27 bits per heavy atom. The van der Waals surface area contributed by atoms with Crippen LogP contribution in [0.2, 0.25) is 0 Å². The van der Waals surface area contributed by atoms with E-state index in [0.717, 1.165) is 11.1 Å². The Balaban J connectivity index is 1.58. The zero-order valence-corrected chi connectivity index (χ0v) is 14.5. The van der Waals surface area contributed by atoms with Gasteiger partial charge >= 0.3 is 0 Å². The van der Waals surface area contributed by atoms with Crippen LogP contribution in [-0.2, 0) is 9.53 Å². The van der Waals surface area contributed by atoms with Crippen LogP contribution in [0.15, 0.2) is 84.7 Å². The summed E-state index contributed by atoms with van der Waals surface area (Å²) in [5, 5.41) is 10.2. The second-order valence-corrected chi connectivity index (χ2v) is 6.25. The molecule has 0 amide bonds. The van der Waals surface area contributed by atoms with Crippen molar-refractivity contribution in [2.75, 3.05) is 0 Å². The predicted octanol–water partition coefficient (Wildman–Crippen LogP) is 4.41. The summed E-state index contributed by atoms with van der Waals surface area (Å²) in [4.78, 5) is 12.0. The fourth-order valence-corrected chi connectivity index (χ4v) is 2.76. The van der Waals surface area contributed by atoms with Crippen LogP contribution in [0.4, 0.5) is 0 Å². The van der Waals surface area contributed by atoms with E-state index in [2.05, 4.69) is 0 Å². The number of hydrogen-bond acceptors (Lipinski definition) is 3. The molecule has 1 aliphatic heterocycles. The van der Waals surface area contributed by atoms with Gasteiger partial charge in [0.2, 0.25) is 0 Å². The topological polar surface area (TPSA) is 46.5 Å². The zero-order chi connectivity index (χ0) is 18.2. The van der Waals surface area contributed by atoms with Crippen molar-refractivity contribution >= 4 is 17.9 Å². The van der Waals surface area contributed by atoms with E-state index in [1.807, 2.05) is 78.9 Å². The number of allylic oxidation sites excluding steroid dienone is 1. The van der Waals surface area contributed by atoms with E-state index < -0.39 is 6.10 Å². The molecule has 2 aromatic rings. The zero-order valence-electron chi connectivity index (χ0n) is 14.5. The number of ketones is 1. The van der Waals surface area contributed by atoms with Gasteiger partial charge in [0.05, 0.1) is 12.5 Å². The summed E-state index contributed by atoms with van der Waals surface area (Å²) in [6.45, 7) is 0. The smallest absolute Gasteiger partial charge is 0.163 e. The fraction of sp³-hybridized carbons (Fsp3) is 0.174. The molecular weight excluding hydrogens is 324 g/mol. The highest BCUT2D eigenvalue weighted by Gasteiger charge is 2.20. The molecule has 3 nitrogen and oxygen atoms in total. The number of rotatable bonds is 6. The van der Waals surface area contributed by atoms with Crippen LogP contribution in [0.1, 0.15) is 24.0 Å². The van der Waals surface area contributed by atoms with Gasteiger partial charge < -0.3 is 9.84 Å². The van der Waals surface area contributed by atoms with Crippen molar-refractivity contribution in [3.05, 3.63) is 95.8 Å². The molecule has 0 radical (unpaired) electrons. The van der Waals surface area contributed by atoms with Crippen LogP contribution < -0.4 is 0 Å². The second kappa shape index (κ2) is 8.97. The number of carbonyl (C=O) groups excluding carboxylic acids is 1. The lowest BCUT2D eigenvalue weighted by Gasteiger charge is -2.22. The predicted molar refractivity (Wildman–Crippen MR) is 104 cm³/mol. The van der Waals surface area contributed by atoms with Crippen molar-refractivity contribution in [2.45, 2.75) is 25.0 Å². The maximum atomic E-state index is 12.0. The summed E-state index contributed by atoms with van der Waals surface area (Å²) < 4.78 is 5.86. The van der Waals surface area contributed by atoms with Crippen LogP contribution in [-0.4, -0.2) is 23.1 Å². The van der Waals surface area contributed by atoms with E-state index in [1.54, 1.807) is 6.08 Å². The van der Waals surface area contributed by atoms with Gasteiger partial charge in [-0.25, -0.2) is 0 Å². The number of aliphatic hydroxyl groups excluding tert-OH is 1. The second-order valence-electron chi connectivity index (χ2n) is 6.25. The first-order chi connectivity index (χ1) is 12.7. The molecule has 26 heavy (non-hydrogen) atoms. The molecule has 0 bridgehead atoms. The molecule has 0 spiro atoms. The highest BCUT2D eigenvalue weighted by molar-refractivity contribution is 5.91. The van der Waals surface area contributed by atoms with Crippen LogP contribution in [0.3, 0.4) is 0 Å². The van der Waals surface area contributed by atoms with Crippen molar-refractivity contribution < 1.29 is 14.6 Å². The van der Waals surface area contributed by atoms with E-state index in [4.69, 9.17) is 4.74 Å². The van der Waals surface area contributed by atoms with Crippen LogP contribution >= 0.6 is 0 Å². The minimum atomic E-state index is -0.703. The van der Waals surface area contributed by atoms with E-state index in [1.165, 1.54) is 6.08 Å². The first-order valence-corrected chi connectivity index (χ1v) is 8.74. The van der Waals surface area contributed by atoms with Gasteiger partial charge in [0.1, 0.15) is 11.9 Å². The molecule has 1 heterocycles. The quantitative estimate of drug-likeness (QED) is 0.843. The molecule has 0 fully saturated rings. The molecule has 0 aliphatic carbocycles. The summed E-state index contributed by atoms with van der Waals surface area (Å²) in [5.74, 6) is 0.544. The summed E-state index contributed by atoms with van der Waals surface area (Å²) in [6.07, 6.45) is 8.52. The SMILES string of the molecule is O=C1C=C(C[C@@H](O)/C=C/c2ccccc2)O[C@@H](/C=C/c2ccccc2)C1. The monoisotopic (exact) mass is 346 g/mol. The first-order valence-electron chi connectivity index (χ1n) is 8.74. The molecular formula is C23H22O3. The molecule has 3 heteroatoms. The standard InChI is InChI=1S/C23H22O3/c24-20(13-11-18-7-3-1-4-8-18)15-23-17-21(25)16-22(26-23)14-12-19-9-5-2-6-10-19/h1-14,17,20,22,24H,15-16H2/b13-11+,14-12+/t20-,22-/m0/s1. The van der Waals surface area contributed by atoms with Gasteiger partial charge in [0.15, 0.2) is 5.78 Å². The lowest BCUT2D eigenvalue weighted by Crippen LogP contribution is -2.21. The Kier molecular flexibility index (Phi) is 6.18. The van der Waals surface area contributed by atoms with Crippen LogP contribution in [0.5, 0.6) is 0 Å². The lowest BCUT2D eigenvalue weighted by atomic mass is 10.0. The third-order valence-electron chi connectivity index (χ3n) is 4.05. The van der Waals surface area contributed by atoms with E-state index in [-0.39, 0.29) is 18.3 Å². The van der Waals surface area contributed by atoms with Crippen LogP contribution in [0, 0.1) is 0 Å². The normalized spacial score (nSPS) is 18.7. The van der Waals surface area contributed by atoms with Gasteiger partial charge in [-0.3, -0.25) is 4.79 Å². The molecule has 0 saturated heterocycles. The average Bonchev–Trinajstić information content (AvgIpc) is 2.66. The van der Waals surface area contributed by atoms with E-state index in [0.29, 0.717) is 12.2 Å². The fourth-order valence-electron chi connectivity index (χ4n) is 2.76. The third kappa shape index (κ3) is 5.57. The number of ether oxygens (including phenoxy) is 1. The molecule has 1 aliphatic rings. The Morgan fingerprint density at radius 1 is 1.00 bits per heavy atom. The minimum absolute atomic E-state index is 0.0215. The number of carbonyl (C=O) groups is 1. The summed E-state index contributed by atoms with van der Waals surface area (Å²) in [6, 6.07) is 19.7. The van der Waals surface area contributed by atoms with Gasteiger partial charge in [0.25, 0.3) is 0 Å². The Labute approximate surface area is 153 Å². The lowest BCUT2D eigenvalue weighted by molar-refractivity contribution is -0.117. The molecule has 3 rings (SSSR count). The molecule has 2 atom stereocenters. The first kappa shape index (κ1) is 17.9. The molecule has 1 N–H and O–H groups in total. The Bertz CT molecular complexity index is 804. The van der Waals surface area contributed by atoms with Crippen molar-refractivity contribution in [1.29, 1.82) is 0 Å². The Morgan fingerprint density at radius 2 is 1.62 bits per heavy atom.